The van der Waals surface area contributed by atoms with Crippen molar-refractivity contribution in [2.75, 3.05) is 26.7 Å². The molecule has 1 fully saturated rings. The Morgan fingerprint density at radius 2 is 2.05 bits per heavy atom. The summed E-state index contributed by atoms with van der Waals surface area (Å²) in [5.41, 5.74) is 0.711. The van der Waals surface area contributed by atoms with Crippen LogP contribution in [-0.2, 0) is 10.0 Å². The van der Waals surface area contributed by atoms with Gasteiger partial charge in [-0.2, -0.15) is 0 Å². The van der Waals surface area contributed by atoms with Crippen LogP contribution in [-0.4, -0.2) is 45.1 Å². The van der Waals surface area contributed by atoms with Crippen LogP contribution in [0.2, 0.25) is 0 Å². The summed E-state index contributed by atoms with van der Waals surface area (Å²) in [6.45, 7) is 4.15. The van der Waals surface area contributed by atoms with Gasteiger partial charge in [0, 0.05) is 13.1 Å². The molecular formula is C15H24N2O3S. The molecule has 0 bridgehead atoms. The highest BCUT2D eigenvalue weighted by Gasteiger charge is 2.20. The van der Waals surface area contributed by atoms with Gasteiger partial charge in [-0.15, -0.1) is 0 Å². The molecule has 1 saturated heterocycles. The van der Waals surface area contributed by atoms with E-state index in [1.165, 1.54) is 12.1 Å². The topological polar surface area (TPSA) is 69.6 Å². The van der Waals surface area contributed by atoms with E-state index >= 15 is 0 Å². The molecule has 2 atom stereocenters. The van der Waals surface area contributed by atoms with Gasteiger partial charge in [-0.3, -0.25) is 0 Å². The number of nitrogens with zero attached hydrogens (tertiary/aromatic N) is 1. The third-order valence-corrected chi connectivity index (χ3v) is 5.40. The van der Waals surface area contributed by atoms with E-state index in [2.05, 4.69) is 16.7 Å². The molecule has 1 aliphatic heterocycles. The summed E-state index contributed by atoms with van der Waals surface area (Å²) >= 11 is 0. The van der Waals surface area contributed by atoms with E-state index in [1.807, 2.05) is 0 Å². The molecule has 1 aromatic rings. The molecule has 1 heterocycles. The second-order valence-electron chi connectivity index (χ2n) is 5.87. The minimum Gasteiger partial charge on any atom is -0.389 e. The summed E-state index contributed by atoms with van der Waals surface area (Å²) < 4.78 is 27.2. The normalized spacial score (nSPS) is 22.1. The van der Waals surface area contributed by atoms with Gasteiger partial charge in [-0.25, -0.2) is 13.1 Å². The number of piperidine rings is 1. The molecule has 2 rings (SSSR count). The van der Waals surface area contributed by atoms with Crippen molar-refractivity contribution < 1.29 is 13.5 Å². The first kappa shape index (κ1) is 16.4. The van der Waals surface area contributed by atoms with Gasteiger partial charge in [0.2, 0.25) is 10.0 Å². The highest BCUT2D eigenvalue weighted by molar-refractivity contribution is 7.89. The highest BCUT2D eigenvalue weighted by atomic mass is 32.2. The number of likely N-dealkylation sites (tertiary alicyclic amines) is 1. The van der Waals surface area contributed by atoms with Crippen LogP contribution in [0.25, 0.3) is 0 Å². The van der Waals surface area contributed by atoms with Gasteiger partial charge in [0.25, 0.3) is 0 Å². The summed E-state index contributed by atoms with van der Waals surface area (Å²) in [6.07, 6.45) is 1.59. The van der Waals surface area contributed by atoms with Crippen molar-refractivity contribution in [2.24, 2.45) is 5.92 Å². The number of hydrogen-bond acceptors (Lipinski definition) is 4. The minimum absolute atomic E-state index is 0.246. The molecule has 6 heteroatoms. The maximum atomic E-state index is 12.3. The smallest absolute Gasteiger partial charge is 0.240 e. The first-order chi connectivity index (χ1) is 9.88. The average molecular weight is 312 g/mol. The molecule has 1 aliphatic rings. The van der Waals surface area contributed by atoms with Gasteiger partial charge >= 0.3 is 0 Å². The summed E-state index contributed by atoms with van der Waals surface area (Å²) in [5.74, 6) is 0.371. The quantitative estimate of drug-likeness (QED) is 0.861. The predicted octanol–water partition coefficient (Wildman–Crippen LogP) is 1.36. The van der Waals surface area contributed by atoms with Gasteiger partial charge in [0.05, 0.1) is 11.0 Å². The molecule has 0 spiro atoms. The predicted molar refractivity (Wildman–Crippen MR) is 82.5 cm³/mol. The molecule has 0 amide bonds. The van der Waals surface area contributed by atoms with Crippen LogP contribution in [0.3, 0.4) is 0 Å². The third-order valence-electron chi connectivity index (χ3n) is 3.96. The van der Waals surface area contributed by atoms with Crippen molar-refractivity contribution in [3.8, 4) is 0 Å². The minimum atomic E-state index is -3.47. The second kappa shape index (κ2) is 6.87. The van der Waals surface area contributed by atoms with E-state index in [9.17, 15) is 13.5 Å². The van der Waals surface area contributed by atoms with Crippen molar-refractivity contribution >= 4 is 10.0 Å². The Balaban J connectivity index is 1.97. The fraction of sp³-hybridized carbons (Fsp3) is 0.600. The Bertz CT molecular complexity index is 555. The Kier molecular flexibility index (Phi) is 5.37. The number of nitrogens with one attached hydrogen (secondary N) is 1. The first-order valence-electron chi connectivity index (χ1n) is 7.35. The summed E-state index contributed by atoms with van der Waals surface area (Å²) in [5, 5.41) is 9.45. The molecule has 5 nitrogen and oxygen atoms in total. The van der Waals surface area contributed by atoms with Crippen LogP contribution in [0.5, 0.6) is 0 Å². The van der Waals surface area contributed by atoms with Gasteiger partial charge in [0.1, 0.15) is 0 Å². The van der Waals surface area contributed by atoms with Gasteiger partial charge in [-0.05, 0) is 57.0 Å². The lowest BCUT2D eigenvalue weighted by atomic mass is 9.99. The number of benzene rings is 1. The molecular weight excluding hydrogens is 288 g/mol. The van der Waals surface area contributed by atoms with E-state index in [1.54, 1.807) is 19.1 Å². The average Bonchev–Trinajstić information content (AvgIpc) is 2.45. The number of aliphatic hydroxyl groups excluding tert-OH is 1. The van der Waals surface area contributed by atoms with E-state index < -0.39 is 16.1 Å². The zero-order chi connectivity index (χ0) is 15.5. The van der Waals surface area contributed by atoms with E-state index in [0.717, 1.165) is 25.9 Å². The molecule has 2 unspecified atom stereocenters. The van der Waals surface area contributed by atoms with Crippen LogP contribution in [0.1, 0.15) is 31.4 Å². The molecule has 118 valence electrons. The zero-order valence-electron chi connectivity index (χ0n) is 12.6. The maximum Gasteiger partial charge on any atom is 0.240 e. The van der Waals surface area contributed by atoms with E-state index in [-0.39, 0.29) is 4.90 Å². The van der Waals surface area contributed by atoms with Crippen molar-refractivity contribution in [1.29, 1.82) is 0 Å². The van der Waals surface area contributed by atoms with Crippen molar-refractivity contribution in [3.63, 3.8) is 0 Å². The Labute approximate surface area is 127 Å². The monoisotopic (exact) mass is 312 g/mol. The lowest BCUT2D eigenvalue weighted by Gasteiger charge is -2.29. The van der Waals surface area contributed by atoms with Crippen molar-refractivity contribution in [1.82, 2.24) is 9.62 Å². The van der Waals surface area contributed by atoms with E-state index in [0.29, 0.717) is 18.0 Å². The number of aliphatic hydroxyl groups is 1. The van der Waals surface area contributed by atoms with Crippen LogP contribution in [0, 0.1) is 5.92 Å². The van der Waals surface area contributed by atoms with Crippen LogP contribution >= 0.6 is 0 Å². The molecule has 0 aliphatic carbocycles. The standard InChI is InChI=1S/C15H24N2O3S/c1-12(18)14-5-7-15(8-6-14)21(19,20)16-10-13-4-3-9-17(2)11-13/h5-8,12-13,16,18H,3-4,9-11H2,1-2H3. The SMILES string of the molecule is CC(O)c1ccc(S(=O)(=O)NCC2CCCN(C)C2)cc1. The zero-order valence-corrected chi connectivity index (χ0v) is 13.4. The second-order valence-corrected chi connectivity index (χ2v) is 7.63. The molecule has 21 heavy (non-hydrogen) atoms. The Morgan fingerprint density at radius 3 is 2.62 bits per heavy atom. The lowest BCUT2D eigenvalue weighted by molar-refractivity contribution is 0.199. The number of hydrogen-bond donors (Lipinski definition) is 2. The van der Waals surface area contributed by atoms with Crippen molar-refractivity contribution in [2.45, 2.75) is 30.8 Å². The Morgan fingerprint density at radius 1 is 1.38 bits per heavy atom. The molecule has 1 aromatic carbocycles. The fourth-order valence-electron chi connectivity index (χ4n) is 2.68. The first-order valence-corrected chi connectivity index (χ1v) is 8.83. The number of rotatable bonds is 5. The summed E-state index contributed by atoms with van der Waals surface area (Å²) in [7, 11) is -1.40. The lowest BCUT2D eigenvalue weighted by Crippen LogP contribution is -2.39. The highest BCUT2D eigenvalue weighted by Crippen LogP contribution is 2.17. The number of sulfonamides is 1. The largest absolute Gasteiger partial charge is 0.389 e. The van der Waals surface area contributed by atoms with Gasteiger partial charge < -0.3 is 10.0 Å². The molecule has 0 radical (unpaired) electrons. The fourth-order valence-corrected chi connectivity index (χ4v) is 3.79. The molecule has 2 N–H and O–H groups in total. The molecule has 0 aromatic heterocycles. The molecule has 0 saturated carbocycles. The van der Waals surface area contributed by atoms with Crippen LogP contribution < -0.4 is 4.72 Å². The van der Waals surface area contributed by atoms with Crippen LogP contribution in [0.4, 0.5) is 0 Å². The summed E-state index contributed by atoms with van der Waals surface area (Å²) in [4.78, 5) is 2.48. The summed E-state index contributed by atoms with van der Waals surface area (Å²) in [6, 6.07) is 6.37. The van der Waals surface area contributed by atoms with Gasteiger partial charge in [0.15, 0.2) is 0 Å². The third kappa shape index (κ3) is 4.51. The Hall–Kier alpha value is -0.950. The van der Waals surface area contributed by atoms with Crippen LogP contribution in [0.15, 0.2) is 29.2 Å². The maximum absolute atomic E-state index is 12.3. The van der Waals surface area contributed by atoms with Gasteiger partial charge in [-0.1, -0.05) is 12.1 Å². The van der Waals surface area contributed by atoms with Crippen molar-refractivity contribution in [3.05, 3.63) is 29.8 Å². The van der Waals surface area contributed by atoms with E-state index in [4.69, 9.17) is 0 Å².